The van der Waals surface area contributed by atoms with Gasteiger partial charge in [-0.2, -0.15) is 0 Å². The van der Waals surface area contributed by atoms with Gasteiger partial charge in [-0.15, -0.1) is 31.4 Å². The van der Waals surface area contributed by atoms with Crippen LogP contribution in [-0.2, 0) is 0 Å². The minimum Gasteiger partial charge on any atom is -0.314 e. The number of nitrogens with one attached hydrogen (secondary N) is 1. The Kier molecular flexibility index (Phi) is 10.4. The maximum absolute atomic E-state index is 6.41. The van der Waals surface area contributed by atoms with Crippen molar-refractivity contribution in [1.29, 1.82) is 0 Å². The van der Waals surface area contributed by atoms with E-state index in [0.717, 1.165) is 43.7 Å². The Hall–Kier alpha value is 0.330. The minimum absolute atomic E-state index is 0. The molecule has 126 valence electrons. The molecule has 1 N–H and O–H groups in total. The summed E-state index contributed by atoms with van der Waals surface area (Å²) < 4.78 is 0. The Balaban J connectivity index is 0.00000220. The number of nitrogens with zero attached hydrogens (tertiary/aromatic N) is 1. The third-order valence-electron chi connectivity index (χ3n) is 3.55. The molecular weight excluding hydrogens is 385 g/mol. The average molecular weight is 407 g/mol. The van der Waals surface area contributed by atoms with E-state index in [4.69, 9.17) is 34.8 Å². The van der Waals surface area contributed by atoms with Gasteiger partial charge in [-0.1, -0.05) is 40.4 Å². The molecule has 1 aromatic carbocycles. The Bertz CT molecular complexity index is 501. The monoisotopic (exact) mass is 404 g/mol. The van der Waals surface area contributed by atoms with E-state index in [1.807, 2.05) is 13.0 Å². The highest BCUT2D eigenvalue weighted by molar-refractivity contribution is 6.44. The van der Waals surface area contributed by atoms with Crippen molar-refractivity contribution < 1.29 is 0 Å². The van der Waals surface area contributed by atoms with Crippen molar-refractivity contribution in [1.82, 2.24) is 10.2 Å². The van der Waals surface area contributed by atoms with Gasteiger partial charge in [0, 0.05) is 42.8 Å². The lowest BCUT2D eigenvalue weighted by molar-refractivity contribution is 0.172. The summed E-state index contributed by atoms with van der Waals surface area (Å²) in [6.07, 6.45) is 0.833. The van der Waals surface area contributed by atoms with Crippen LogP contribution < -0.4 is 5.32 Å². The van der Waals surface area contributed by atoms with E-state index >= 15 is 0 Å². The van der Waals surface area contributed by atoms with Crippen LogP contribution in [0.4, 0.5) is 0 Å². The third kappa shape index (κ3) is 5.45. The molecule has 0 amide bonds. The SMILES string of the molecule is C=C(C)C[C@@H](c1c(Cl)ccc(Cl)c1Cl)N1CCNCC1.Cl.Cl. The van der Waals surface area contributed by atoms with Gasteiger partial charge in [0.05, 0.1) is 10.0 Å². The van der Waals surface area contributed by atoms with Crippen molar-refractivity contribution in [2.75, 3.05) is 26.2 Å². The van der Waals surface area contributed by atoms with Crippen molar-refractivity contribution >= 4 is 59.6 Å². The Morgan fingerprint density at radius 3 is 2.27 bits per heavy atom. The first-order valence-electron chi connectivity index (χ1n) is 6.73. The Morgan fingerprint density at radius 1 is 1.18 bits per heavy atom. The molecule has 1 saturated heterocycles. The molecule has 1 aliphatic heterocycles. The summed E-state index contributed by atoms with van der Waals surface area (Å²) in [6.45, 7) is 9.95. The van der Waals surface area contributed by atoms with Gasteiger partial charge in [-0.3, -0.25) is 4.90 Å². The van der Waals surface area contributed by atoms with Crippen LogP contribution in [0.5, 0.6) is 0 Å². The summed E-state index contributed by atoms with van der Waals surface area (Å²) >= 11 is 19.0. The van der Waals surface area contributed by atoms with E-state index in [-0.39, 0.29) is 30.9 Å². The molecule has 1 aliphatic rings. The van der Waals surface area contributed by atoms with E-state index in [1.165, 1.54) is 0 Å². The fourth-order valence-electron chi connectivity index (χ4n) is 2.59. The molecule has 7 heteroatoms. The number of rotatable bonds is 4. The zero-order chi connectivity index (χ0) is 14.7. The summed E-state index contributed by atoms with van der Waals surface area (Å²) in [7, 11) is 0. The van der Waals surface area contributed by atoms with Gasteiger partial charge in [0.25, 0.3) is 0 Å². The lowest BCUT2D eigenvalue weighted by Gasteiger charge is -2.36. The highest BCUT2D eigenvalue weighted by Gasteiger charge is 2.27. The van der Waals surface area contributed by atoms with Crippen molar-refractivity contribution in [3.05, 3.63) is 44.9 Å². The zero-order valence-electron chi connectivity index (χ0n) is 12.4. The predicted molar refractivity (Wildman–Crippen MR) is 103 cm³/mol. The van der Waals surface area contributed by atoms with Crippen molar-refractivity contribution in [3.63, 3.8) is 0 Å². The van der Waals surface area contributed by atoms with Gasteiger partial charge in [0.1, 0.15) is 0 Å². The molecule has 2 nitrogen and oxygen atoms in total. The van der Waals surface area contributed by atoms with E-state index in [9.17, 15) is 0 Å². The largest absolute Gasteiger partial charge is 0.314 e. The van der Waals surface area contributed by atoms with E-state index < -0.39 is 0 Å². The summed E-state index contributed by atoms with van der Waals surface area (Å²) in [4.78, 5) is 2.40. The maximum Gasteiger partial charge on any atom is 0.0655 e. The van der Waals surface area contributed by atoms with Crippen LogP contribution in [0, 0.1) is 0 Å². The van der Waals surface area contributed by atoms with Gasteiger partial charge in [-0.25, -0.2) is 0 Å². The molecule has 0 aromatic heterocycles. The maximum atomic E-state index is 6.41. The second kappa shape index (κ2) is 10.2. The van der Waals surface area contributed by atoms with Crippen molar-refractivity contribution in [3.8, 4) is 0 Å². The molecule has 0 aliphatic carbocycles. The van der Waals surface area contributed by atoms with Crippen LogP contribution in [0.15, 0.2) is 24.3 Å². The first-order valence-corrected chi connectivity index (χ1v) is 7.86. The zero-order valence-corrected chi connectivity index (χ0v) is 16.3. The van der Waals surface area contributed by atoms with Crippen molar-refractivity contribution in [2.45, 2.75) is 19.4 Å². The molecule has 0 bridgehead atoms. The first kappa shape index (κ1) is 22.3. The predicted octanol–water partition coefficient (Wildman–Crippen LogP) is 5.40. The van der Waals surface area contributed by atoms with Gasteiger partial charge >= 0.3 is 0 Å². The quantitative estimate of drug-likeness (QED) is 0.532. The number of piperazine rings is 1. The lowest BCUT2D eigenvalue weighted by atomic mass is 9.97. The smallest absolute Gasteiger partial charge is 0.0655 e. The molecule has 1 aromatic rings. The third-order valence-corrected chi connectivity index (χ3v) is 4.70. The van der Waals surface area contributed by atoms with E-state index in [0.29, 0.717) is 15.1 Å². The first-order chi connectivity index (χ1) is 9.50. The summed E-state index contributed by atoms with van der Waals surface area (Å²) in [5.41, 5.74) is 2.03. The van der Waals surface area contributed by atoms with Crippen LogP contribution in [-0.4, -0.2) is 31.1 Å². The molecular formula is C15H21Cl5N2. The van der Waals surface area contributed by atoms with Gasteiger partial charge < -0.3 is 5.32 Å². The van der Waals surface area contributed by atoms with Crippen LogP contribution in [0.3, 0.4) is 0 Å². The normalized spacial score (nSPS) is 16.4. The van der Waals surface area contributed by atoms with Gasteiger partial charge in [0.2, 0.25) is 0 Å². The Morgan fingerprint density at radius 2 is 1.73 bits per heavy atom. The van der Waals surface area contributed by atoms with Gasteiger partial charge in [0.15, 0.2) is 0 Å². The number of hydrogen-bond donors (Lipinski definition) is 1. The lowest BCUT2D eigenvalue weighted by Crippen LogP contribution is -2.45. The number of hydrogen-bond acceptors (Lipinski definition) is 2. The molecule has 0 saturated carbocycles. The van der Waals surface area contributed by atoms with Gasteiger partial charge in [-0.05, 0) is 25.5 Å². The molecule has 22 heavy (non-hydrogen) atoms. The standard InChI is InChI=1S/C15H19Cl3N2.2ClH/c1-10(2)9-13(20-7-5-19-6-8-20)14-11(16)3-4-12(17)15(14)18;;/h3-4,13,19H,1,5-9H2,2H3;2*1H/t13-;;/m0../s1. The number of benzene rings is 1. The summed E-state index contributed by atoms with van der Waals surface area (Å²) in [5, 5.41) is 5.14. The molecule has 0 unspecified atom stereocenters. The van der Waals surface area contributed by atoms with E-state index in [2.05, 4.69) is 16.8 Å². The van der Waals surface area contributed by atoms with Crippen LogP contribution in [0.25, 0.3) is 0 Å². The number of halogens is 5. The molecule has 1 fully saturated rings. The molecule has 0 spiro atoms. The highest BCUT2D eigenvalue weighted by Crippen LogP contribution is 2.40. The van der Waals surface area contributed by atoms with Crippen LogP contribution in [0.1, 0.15) is 24.9 Å². The molecule has 1 heterocycles. The van der Waals surface area contributed by atoms with Crippen LogP contribution in [0.2, 0.25) is 15.1 Å². The highest BCUT2D eigenvalue weighted by atomic mass is 35.5. The fourth-order valence-corrected chi connectivity index (χ4v) is 3.37. The minimum atomic E-state index is 0. The molecule has 2 rings (SSSR count). The summed E-state index contributed by atoms with van der Waals surface area (Å²) in [6, 6.07) is 3.69. The average Bonchev–Trinajstić information content (AvgIpc) is 2.43. The second-order valence-corrected chi connectivity index (χ2v) is 6.41. The fraction of sp³-hybridized carbons (Fsp3) is 0.467. The summed E-state index contributed by atoms with van der Waals surface area (Å²) in [5.74, 6) is 0. The van der Waals surface area contributed by atoms with Crippen molar-refractivity contribution in [2.24, 2.45) is 0 Å². The molecule has 1 atom stereocenters. The van der Waals surface area contributed by atoms with E-state index in [1.54, 1.807) is 6.07 Å². The second-order valence-electron chi connectivity index (χ2n) is 5.22. The molecule has 0 radical (unpaired) electrons. The Labute approximate surface area is 160 Å². The van der Waals surface area contributed by atoms with Crippen LogP contribution >= 0.6 is 59.6 Å². The topological polar surface area (TPSA) is 15.3 Å².